The topological polar surface area (TPSA) is 56.0 Å². The first kappa shape index (κ1) is 14.8. The molecule has 4 heteroatoms. The minimum atomic E-state index is -0.428. The highest BCUT2D eigenvalue weighted by atomic mass is 35.5. The van der Waals surface area contributed by atoms with Gasteiger partial charge in [0, 0.05) is 6.54 Å². The molecule has 0 bridgehead atoms. The van der Waals surface area contributed by atoms with Crippen LogP contribution in [0.1, 0.15) is 32.3 Å². The number of hydrogen-bond donors (Lipinski definition) is 2. The molecule has 0 heterocycles. The Hall–Kier alpha value is -1.24. The van der Waals surface area contributed by atoms with E-state index in [1.54, 1.807) is 18.2 Å². The van der Waals surface area contributed by atoms with E-state index in [4.69, 9.17) is 16.9 Å². The van der Waals surface area contributed by atoms with Crippen molar-refractivity contribution in [2.45, 2.75) is 32.8 Å². The molecule has 0 saturated carbocycles. The fourth-order valence-electron chi connectivity index (χ4n) is 2.00. The summed E-state index contributed by atoms with van der Waals surface area (Å²) in [5, 5.41) is 22.6. The van der Waals surface area contributed by atoms with Crippen LogP contribution in [0.2, 0.25) is 5.02 Å². The van der Waals surface area contributed by atoms with Crippen LogP contribution in [0, 0.1) is 17.2 Å². The molecular formula is C14H19ClN2O. The number of aliphatic hydroxyl groups excluding tert-OH is 1. The van der Waals surface area contributed by atoms with Crippen molar-refractivity contribution in [1.82, 2.24) is 0 Å². The summed E-state index contributed by atoms with van der Waals surface area (Å²) in [6, 6.07) is 7.26. The first-order valence-corrected chi connectivity index (χ1v) is 6.62. The maximum absolute atomic E-state index is 10.0. The quantitative estimate of drug-likeness (QED) is 0.829. The van der Waals surface area contributed by atoms with Crippen LogP contribution in [-0.2, 0) is 0 Å². The van der Waals surface area contributed by atoms with Crippen molar-refractivity contribution in [3.8, 4) is 6.07 Å². The second-order valence-electron chi connectivity index (χ2n) is 4.30. The number of hydrogen-bond acceptors (Lipinski definition) is 3. The Labute approximate surface area is 113 Å². The van der Waals surface area contributed by atoms with Gasteiger partial charge in [0.2, 0.25) is 0 Å². The molecule has 1 aromatic carbocycles. The molecule has 0 aliphatic heterocycles. The average Bonchev–Trinajstić information content (AvgIpc) is 2.38. The van der Waals surface area contributed by atoms with Crippen molar-refractivity contribution in [2.24, 2.45) is 5.92 Å². The average molecular weight is 267 g/mol. The van der Waals surface area contributed by atoms with Crippen LogP contribution in [0.15, 0.2) is 18.2 Å². The Morgan fingerprint density at radius 1 is 1.39 bits per heavy atom. The van der Waals surface area contributed by atoms with E-state index in [1.165, 1.54) is 0 Å². The number of anilines is 1. The maximum atomic E-state index is 10.0. The highest BCUT2D eigenvalue weighted by molar-refractivity contribution is 6.33. The number of benzene rings is 1. The van der Waals surface area contributed by atoms with E-state index >= 15 is 0 Å². The van der Waals surface area contributed by atoms with Crippen molar-refractivity contribution in [2.75, 3.05) is 11.9 Å². The largest absolute Gasteiger partial charge is 0.391 e. The zero-order valence-electron chi connectivity index (χ0n) is 10.8. The van der Waals surface area contributed by atoms with Gasteiger partial charge in [-0.05, 0) is 18.1 Å². The Bertz CT molecular complexity index is 424. The van der Waals surface area contributed by atoms with E-state index in [1.807, 2.05) is 0 Å². The highest BCUT2D eigenvalue weighted by Gasteiger charge is 2.16. The Balaban J connectivity index is 2.72. The van der Waals surface area contributed by atoms with Crippen LogP contribution in [-0.4, -0.2) is 17.8 Å². The molecule has 0 aromatic heterocycles. The van der Waals surface area contributed by atoms with Gasteiger partial charge in [-0.25, -0.2) is 0 Å². The van der Waals surface area contributed by atoms with Crippen LogP contribution >= 0.6 is 11.6 Å². The molecule has 0 amide bonds. The van der Waals surface area contributed by atoms with E-state index in [0.717, 1.165) is 12.8 Å². The van der Waals surface area contributed by atoms with Gasteiger partial charge >= 0.3 is 0 Å². The molecule has 1 rings (SSSR count). The molecule has 1 atom stereocenters. The monoisotopic (exact) mass is 266 g/mol. The summed E-state index contributed by atoms with van der Waals surface area (Å²) < 4.78 is 0. The predicted octanol–water partition coefficient (Wildman–Crippen LogP) is 3.42. The van der Waals surface area contributed by atoms with Gasteiger partial charge in [-0.2, -0.15) is 5.26 Å². The van der Waals surface area contributed by atoms with Gasteiger partial charge in [-0.15, -0.1) is 0 Å². The Morgan fingerprint density at radius 3 is 2.61 bits per heavy atom. The van der Waals surface area contributed by atoms with Crippen molar-refractivity contribution in [3.05, 3.63) is 28.8 Å². The SMILES string of the molecule is CCC(CC)C(O)CNc1c(Cl)cccc1C#N. The van der Waals surface area contributed by atoms with Gasteiger partial charge in [0.05, 0.1) is 22.4 Å². The zero-order valence-corrected chi connectivity index (χ0v) is 11.5. The summed E-state index contributed by atoms with van der Waals surface area (Å²) >= 11 is 6.04. The fraction of sp³-hybridized carbons (Fsp3) is 0.500. The van der Waals surface area contributed by atoms with Crippen LogP contribution in [0.3, 0.4) is 0 Å². The van der Waals surface area contributed by atoms with E-state index in [9.17, 15) is 5.11 Å². The zero-order chi connectivity index (χ0) is 13.5. The Kier molecular flexibility index (Phi) is 5.97. The van der Waals surface area contributed by atoms with Crippen LogP contribution in [0.4, 0.5) is 5.69 Å². The van der Waals surface area contributed by atoms with Crippen LogP contribution in [0.5, 0.6) is 0 Å². The molecule has 18 heavy (non-hydrogen) atoms. The van der Waals surface area contributed by atoms with Crippen molar-refractivity contribution < 1.29 is 5.11 Å². The molecule has 0 radical (unpaired) electrons. The van der Waals surface area contributed by atoms with E-state index < -0.39 is 6.10 Å². The number of halogens is 1. The number of nitrogens with zero attached hydrogens (tertiary/aromatic N) is 1. The molecular weight excluding hydrogens is 248 g/mol. The first-order valence-electron chi connectivity index (χ1n) is 6.24. The predicted molar refractivity (Wildman–Crippen MR) is 74.7 cm³/mol. The van der Waals surface area contributed by atoms with Crippen molar-refractivity contribution in [3.63, 3.8) is 0 Å². The van der Waals surface area contributed by atoms with E-state index in [2.05, 4.69) is 25.2 Å². The molecule has 1 unspecified atom stereocenters. The molecule has 3 nitrogen and oxygen atoms in total. The van der Waals surface area contributed by atoms with Gasteiger partial charge in [-0.1, -0.05) is 44.4 Å². The lowest BCUT2D eigenvalue weighted by molar-refractivity contribution is 0.114. The molecule has 0 aliphatic carbocycles. The molecule has 0 spiro atoms. The number of nitrogens with one attached hydrogen (secondary N) is 1. The maximum Gasteiger partial charge on any atom is 0.101 e. The number of rotatable bonds is 6. The Morgan fingerprint density at radius 2 is 2.06 bits per heavy atom. The number of para-hydroxylation sites is 1. The third-order valence-electron chi connectivity index (χ3n) is 3.21. The summed E-state index contributed by atoms with van der Waals surface area (Å²) in [5.74, 6) is 0.269. The molecule has 0 fully saturated rings. The minimum absolute atomic E-state index is 0.269. The summed E-state index contributed by atoms with van der Waals surface area (Å²) in [5.41, 5.74) is 1.10. The molecule has 1 aromatic rings. The van der Waals surface area contributed by atoms with Gasteiger partial charge in [0.25, 0.3) is 0 Å². The molecule has 0 saturated heterocycles. The third-order valence-corrected chi connectivity index (χ3v) is 3.53. The van der Waals surface area contributed by atoms with E-state index in [0.29, 0.717) is 22.8 Å². The second kappa shape index (κ2) is 7.25. The lowest BCUT2D eigenvalue weighted by Crippen LogP contribution is -2.28. The first-order chi connectivity index (χ1) is 8.63. The van der Waals surface area contributed by atoms with Crippen molar-refractivity contribution in [1.29, 1.82) is 5.26 Å². The minimum Gasteiger partial charge on any atom is -0.391 e. The number of aliphatic hydroxyl groups is 1. The summed E-state index contributed by atoms with van der Waals surface area (Å²) in [4.78, 5) is 0. The smallest absolute Gasteiger partial charge is 0.101 e. The lowest BCUT2D eigenvalue weighted by Gasteiger charge is -2.21. The van der Waals surface area contributed by atoms with Crippen molar-refractivity contribution >= 4 is 17.3 Å². The van der Waals surface area contributed by atoms with E-state index in [-0.39, 0.29) is 5.92 Å². The molecule has 2 N–H and O–H groups in total. The summed E-state index contributed by atoms with van der Waals surface area (Å²) in [7, 11) is 0. The summed E-state index contributed by atoms with van der Waals surface area (Å²) in [6.07, 6.45) is 1.45. The highest BCUT2D eigenvalue weighted by Crippen LogP contribution is 2.25. The normalized spacial score (nSPS) is 12.2. The third kappa shape index (κ3) is 3.63. The summed E-state index contributed by atoms with van der Waals surface area (Å²) in [6.45, 7) is 4.53. The molecule has 98 valence electrons. The van der Waals surface area contributed by atoms with Gasteiger partial charge < -0.3 is 10.4 Å². The lowest BCUT2D eigenvalue weighted by atomic mass is 9.96. The van der Waals surface area contributed by atoms with Crippen LogP contribution < -0.4 is 5.32 Å². The van der Waals surface area contributed by atoms with Gasteiger partial charge in [0.15, 0.2) is 0 Å². The standard InChI is InChI=1S/C14H19ClN2O/c1-3-10(4-2)13(18)9-17-14-11(8-16)6-5-7-12(14)15/h5-7,10,13,17-18H,3-4,9H2,1-2H3. The van der Waals surface area contributed by atoms with Crippen LogP contribution in [0.25, 0.3) is 0 Å². The fourth-order valence-corrected chi connectivity index (χ4v) is 2.24. The number of nitriles is 1. The van der Waals surface area contributed by atoms with Gasteiger partial charge in [-0.3, -0.25) is 0 Å². The van der Waals surface area contributed by atoms with Gasteiger partial charge in [0.1, 0.15) is 6.07 Å². The molecule has 0 aliphatic rings. The second-order valence-corrected chi connectivity index (χ2v) is 4.71.